The second-order valence-electron chi connectivity index (χ2n) is 6.37. The number of hydrogen-bond donors (Lipinski definition) is 2. The molecule has 2 N–H and O–H groups in total. The molecule has 0 aromatic heterocycles. The van der Waals surface area contributed by atoms with Crippen LogP contribution in [0.3, 0.4) is 0 Å². The molecule has 22 heavy (non-hydrogen) atoms. The van der Waals surface area contributed by atoms with Crippen molar-refractivity contribution < 1.29 is 14.3 Å². The lowest BCUT2D eigenvalue weighted by Crippen LogP contribution is -2.31. The minimum Gasteiger partial charge on any atom is -0.393 e. The highest BCUT2D eigenvalue weighted by Crippen LogP contribution is 2.40. The lowest BCUT2D eigenvalue weighted by Gasteiger charge is -2.27. The number of nitrogens with one attached hydrogen (secondary N) is 1. The standard InChI is InChI=1S/C18H22FNO2/c1-11(16-10-13(21)8-9-20-16)17(18(22)12-6-7-12)14-4-2-3-5-15(14)19/h2-5,12-13,17,20-21H,6-10H2,1H3. The number of Topliss-reactive ketones (excluding diaryl/α,β-unsaturated/α-hetero) is 1. The number of rotatable bonds is 4. The summed E-state index contributed by atoms with van der Waals surface area (Å²) in [7, 11) is 0. The first-order valence-corrected chi connectivity index (χ1v) is 7.97. The van der Waals surface area contributed by atoms with Crippen LogP contribution in [0.1, 0.15) is 44.1 Å². The molecule has 1 heterocycles. The van der Waals surface area contributed by atoms with Crippen LogP contribution in [0.2, 0.25) is 0 Å². The van der Waals surface area contributed by atoms with E-state index in [9.17, 15) is 14.3 Å². The second-order valence-corrected chi connectivity index (χ2v) is 6.37. The first-order chi connectivity index (χ1) is 10.6. The van der Waals surface area contributed by atoms with Crippen molar-refractivity contribution in [1.29, 1.82) is 0 Å². The number of aliphatic hydroxyl groups is 1. The number of aliphatic hydroxyl groups excluding tert-OH is 1. The summed E-state index contributed by atoms with van der Waals surface area (Å²) >= 11 is 0. The summed E-state index contributed by atoms with van der Waals surface area (Å²) in [6, 6.07) is 6.52. The molecule has 1 aromatic carbocycles. The fraction of sp³-hybridized carbons (Fsp3) is 0.500. The van der Waals surface area contributed by atoms with Crippen LogP contribution >= 0.6 is 0 Å². The summed E-state index contributed by atoms with van der Waals surface area (Å²) in [4.78, 5) is 12.7. The van der Waals surface area contributed by atoms with Gasteiger partial charge in [-0.05, 0) is 37.8 Å². The summed E-state index contributed by atoms with van der Waals surface area (Å²) in [5.74, 6) is -0.704. The zero-order valence-electron chi connectivity index (χ0n) is 12.8. The fourth-order valence-electron chi connectivity index (χ4n) is 3.19. The van der Waals surface area contributed by atoms with Gasteiger partial charge in [0.1, 0.15) is 11.6 Å². The van der Waals surface area contributed by atoms with Crippen molar-refractivity contribution in [3.63, 3.8) is 0 Å². The molecule has 3 rings (SSSR count). The van der Waals surface area contributed by atoms with Crippen molar-refractivity contribution in [3.8, 4) is 0 Å². The van der Waals surface area contributed by atoms with Gasteiger partial charge in [-0.25, -0.2) is 4.39 Å². The van der Waals surface area contributed by atoms with Gasteiger partial charge in [-0.1, -0.05) is 18.2 Å². The third-order valence-corrected chi connectivity index (χ3v) is 4.65. The van der Waals surface area contributed by atoms with E-state index >= 15 is 0 Å². The number of carbonyl (C=O) groups is 1. The maximum atomic E-state index is 14.2. The zero-order valence-corrected chi connectivity index (χ0v) is 12.8. The van der Waals surface area contributed by atoms with Gasteiger partial charge in [0.05, 0.1) is 12.0 Å². The Hall–Kier alpha value is -1.68. The lowest BCUT2D eigenvalue weighted by molar-refractivity contribution is -0.121. The van der Waals surface area contributed by atoms with Gasteiger partial charge in [0.2, 0.25) is 0 Å². The Morgan fingerprint density at radius 3 is 2.68 bits per heavy atom. The number of carbonyl (C=O) groups excluding carboxylic acids is 1. The molecule has 1 saturated carbocycles. The quantitative estimate of drug-likeness (QED) is 0.899. The van der Waals surface area contributed by atoms with Crippen LogP contribution < -0.4 is 5.32 Å². The SMILES string of the molecule is CC(=C1CC(O)CCN1)C(C(=O)C1CC1)c1ccccc1F. The van der Waals surface area contributed by atoms with Gasteiger partial charge in [0.15, 0.2) is 0 Å². The highest BCUT2D eigenvalue weighted by Gasteiger charge is 2.38. The molecule has 0 spiro atoms. The Bertz CT molecular complexity index is 607. The monoisotopic (exact) mass is 303 g/mol. The smallest absolute Gasteiger partial charge is 0.147 e. The van der Waals surface area contributed by atoms with Crippen molar-refractivity contribution in [2.24, 2.45) is 5.92 Å². The normalized spacial score (nSPS) is 25.3. The van der Waals surface area contributed by atoms with E-state index in [1.807, 2.05) is 6.92 Å². The van der Waals surface area contributed by atoms with E-state index in [1.54, 1.807) is 18.2 Å². The summed E-state index contributed by atoms with van der Waals surface area (Å²) in [6.45, 7) is 2.58. The molecule has 2 aliphatic rings. The average Bonchev–Trinajstić information content (AvgIpc) is 3.34. The van der Waals surface area contributed by atoms with Crippen LogP contribution in [0, 0.1) is 11.7 Å². The Morgan fingerprint density at radius 1 is 1.32 bits per heavy atom. The predicted octanol–water partition coefficient (Wildman–Crippen LogP) is 2.91. The van der Waals surface area contributed by atoms with E-state index in [0.717, 1.165) is 24.1 Å². The van der Waals surface area contributed by atoms with Crippen LogP contribution in [0.5, 0.6) is 0 Å². The van der Waals surface area contributed by atoms with Gasteiger partial charge in [-0.3, -0.25) is 4.79 Å². The van der Waals surface area contributed by atoms with Crippen LogP contribution in [0.25, 0.3) is 0 Å². The third-order valence-electron chi connectivity index (χ3n) is 4.65. The average molecular weight is 303 g/mol. The van der Waals surface area contributed by atoms with Gasteiger partial charge in [0, 0.05) is 30.1 Å². The molecule has 2 unspecified atom stereocenters. The predicted molar refractivity (Wildman–Crippen MR) is 82.8 cm³/mol. The van der Waals surface area contributed by atoms with Gasteiger partial charge in [-0.15, -0.1) is 0 Å². The molecule has 1 aromatic rings. The molecule has 4 heteroatoms. The number of allylic oxidation sites excluding steroid dienone is 1. The van der Waals surface area contributed by atoms with Crippen molar-refractivity contribution in [3.05, 3.63) is 46.9 Å². The molecule has 0 amide bonds. The molecule has 118 valence electrons. The highest BCUT2D eigenvalue weighted by molar-refractivity contribution is 5.92. The zero-order chi connectivity index (χ0) is 15.7. The Morgan fingerprint density at radius 2 is 2.05 bits per heavy atom. The first kappa shape index (κ1) is 15.2. The van der Waals surface area contributed by atoms with E-state index in [2.05, 4.69) is 5.32 Å². The Labute approximate surface area is 130 Å². The molecule has 3 nitrogen and oxygen atoms in total. The van der Waals surface area contributed by atoms with Crippen molar-refractivity contribution in [2.75, 3.05) is 6.54 Å². The summed E-state index contributed by atoms with van der Waals surface area (Å²) in [6.07, 6.45) is 2.64. The Balaban J connectivity index is 2.00. The molecule has 1 aliphatic carbocycles. The minimum atomic E-state index is -0.540. The molecular formula is C18H22FNO2. The van der Waals surface area contributed by atoms with Crippen LogP contribution in [-0.4, -0.2) is 23.5 Å². The van der Waals surface area contributed by atoms with E-state index in [4.69, 9.17) is 0 Å². The van der Waals surface area contributed by atoms with Crippen molar-refractivity contribution in [1.82, 2.24) is 5.32 Å². The summed E-state index contributed by atoms with van der Waals surface area (Å²) < 4.78 is 14.2. The molecule has 2 fully saturated rings. The molecule has 0 bridgehead atoms. The van der Waals surface area contributed by atoms with Crippen LogP contribution in [0.15, 0.2) is 35.5 Å². The van der Waals surface area contributed by atoms with Gasteiger partial charge >= 0.3 is 0 Å². The Kier molecular flexibility index (Phi) is 4.30. The summed E-state index contributed by atoms with van der Waals surface area (Å²) in [5, 5.41) is 13.1. The third kappa shape index (κ3) is 3.07. The fourth-order valence-corrected chi connectivity index (χ4v) is 3.19. The molecule has 1 aliphatic heterocycles. The number of halogens is 1. The number of piperidine rings is 1. The highest BCUT2D eigenvalue weighted by atomic mass is 19.1. The van der Waals surface area contributed by atoms with Crippen LogP contribution in [-0.2, 0) is 4.79 Å². The first-order valence-electron chi connectivity index (χ1n) is 7.97. The maximum Gasteiger partial charge on any atom is 0.147 e. The van der Waals surface area contributed by atoms with E-state index in [0.29, 0.717) is 24.9 Å². The van der Waals surface area contributed by atoms with Gasteiger partial charge in [0.25, 0.3) is 0 Å². The number of benzene rings is 1. The van der Waals surface area contributed by atoms with Crippen molar-refractivity contribution >= 4 is 5.78 Å². The maximum absolute atomic E-state index is 14.2. The van der Waals surface area contributed by atoms with E-state index in [-0.39, 0.29) is 23.6 Å². The minimum absolute atomic E-state index is 0.0636. The molecule has 0 radical (unpaired) electrons. The van der Waals surface area contributed by atoms with E-state index < -0.39 is 5.92 Å². The molecule has 2 atom stereocenters. The summed E-state index contributed by atoms with van der Waals surface area (Å²) in [5.41, 5.74) is 2.19. The molecular weight excluding hydrogens is 281 g/mol. The van der Waals surface area contributed by atoms with Gasteiger partial charge < -0.3 is 10.4 Å². The van der Waals surface area contributed by atoms with Crippen molar-refractivity contribution in [2.45, 2.75) is 44.6 Å². The number of hydrogen-bond acceptors (Lipinski definition) is 3. The lowest BCUT2D eigenvalue weighted by atomic mass is 9.83. The number of ketones is 1. The molecule has 1 saturated heterocycles. The topological polar surface area (TPSA) is 49.3 Å². The van der Waals surface area contributed by atoms with Gasteiger partial charge in [-0.2, -0.15) is 0 Å². The van der Waals surface area contributed by atoms with Crippen LogP contribution in [0.4, 0.5) is 4.39 Å². The largest absolute Gasteiger partial charge is 0.393 e. The second kappa shape index (κ2) is 6.21. The van der Waals surface area contributed by atoms with E-state index in [1.165, 1.54) is 6.07 Å².